The number of halogens is 2. The Hall–Kier alpha value is -4.75. The Morgan fingerprint density at radius 1 is 0.897 bits per heavy atom. The van der Waals surface area contributed by atoms with Gasteiger partial charge in [-0.1, -0.05) is 71.8 Å². The number of esters is 1. The second kappa shape index (κ2) is 10.9. The van der Waals surface area contributed by atoms with Gasteiger partial charge in [0.15, 0.2) is 0 Å². The Morgan fingerprint density at radius 3 is 2.26 bits per heavy atom. The van der Waals surface area contributed by atoms with Crippen LogP contribution in [0.1, 0.15) is 22.8 Å². The number of benzene rings is 4. The summed E-state index contributed by atoms with van der Waals surface area (Å²) in [4.78, 5) is 24.9. The van der Waals surface area contributed by atoms with Gasteiger partial charge in [-0.3, -0.25) is 9.59 Å². The highest BCUT2D eigenvalue weighted by molar-refractivity contribution is 6.34. The fourth-order valence-electron chi connectivity index (χ4n) is 4.15. The lowest BCUT2D eigenvalue weighted by Gasteiger charge is -2.11. The van der Waals surface area contributed by atoms with Crippen LogP contribution in [0.3, 0.4) is 0 Å². The standard InChI is InChI=1S/C31H23ClFN3O3/c1-19-10-12-22(13-11-19)29-28(31(39-20(2)37)36(35-29)25-7-5-6-23(33)18-25)21-14-16-24(17-15-21)34-30(38)26-8-3-4-9-27(26)32/h3-18H,1-2H3,(H,34,38). The number of amides is 1. The number of carbonyl (C=O) groups is 2. The van der Waals surface area contributed by atoms with Crippen LogP contribution in [0.25, 0.3) is 28.1 Å². The van der Waals surface area contributed by atoms with E-state index in [0.29, 0.717) is 38.8 Å². The van der Waals surface area contributed by atoms with E-state index < -0.39 is 11.8 Å². The fourth-order valence-corrected chi connectivity index (χ4v) is 4.38. The number of rotatable bonds is 6. The zero-order valence-electron chi connectivity index (χ0n) is 21.1. The van der Waals surface area contributed by atoms with Crippen molar-refractivity contribution in [2.24, 2.45) is 0 Å². The summed E-state index contributed by atoms with van der Waals surface area (Å²) in [5.74, 6) is -1.19. The van der Waals surface area contributed by atoms with Gasteiger partial charge in [0.05, 0.1) is 21.8 Å². The zero-order chi connectivity index (χ0) is 27.5. The molecule has 194 valence electrons. The van der Waals surface area contributed by atoms with Crippen LogP contribution in [-0.4, -0.2) is 21.7 Å². The second-order valence-electron chi connectivity index (χ2n) is 8.89. The van der Waals surface area contributed by atoms with E-state index in [0.717, 1.165) is 11.1 Å². The molecule has 0 radical (unpaired) electrons. The maximum Gasteiger partial charge on any atom is 0.309 e. The van der Waals surface area contributed by atoms with Crippen molar-refractivity contribution in [1.29, 1.82) is 0 Å². The van der Waals surface area contributed by atoms with Crippen molar-refractivity contribution in [3.8, 4) is 34.0 Å². The molecule has 5 aromatic rings. The normalized spacial score (nSPS) is 10.8. The molecule has 0 aliphatic carbocycles. The van der Waals surface area contributed by atoms with Crippen LogP contribution < -0.4 is 10.1 Å². The summed E-state index contributed by atoms with van der Waals surface area (Å²) < 4.78 is 21.2. The van der Waals surface area contributed by atoms with Crippen molar-refractivity contribution >= 4 is 29.2 Å². The minimum atomic E-state index is -0.548. The van der Waals surface area contributed by atoms with Crippen molar-refractivity contribution in [2.75, 3.05) is 5.32 Å². The van der Waals surface area contributed by atoms with E-state index in [9.17, 15) is 14.0 Å². The summed E-state index contributed by atoms with van der Waals surface area (Å²) in [7, 11) is 0. The quantitative estimate of drug-likeness (QED) is 0.227. The number of carbonyl (C=O) groups excluding carboxylic acids is 2. The maximum absolute atomic E-state index is 14.1. The molecule has 0 saturated carbocycles. The van der Waals surface area contributed by atoms with Gasteiger partial charge in [-0.05, 0) is 55.0 Å². The number of anilines is 1. The van der Waals surface area contributed by atoms with Gasteiger partial charge >= 0.3 is 5.97 Å². The van der Waals surface area contributed by atoms with Crippen molar-refractivity contribution in [1.82, 2.24) is 9.78 Å². The van der Waals surface area contributed by atoms with Gasteiger partial charge < -0.3 is 10.1 Å². The predicted molar refractivity (Wildman–Crippen MR) is 150 cm³/mol. The molecule has 4 aromatic carbocycles. The third-order valence-corrected chi connectivity index (χ3v) is 6.34. The Kier molecular flexibility index (Phi) is 7.25. The van der Waals surface area contributed by atoms with Crippen LogP contribution in [0.5, 0.6) is 5.88 Å². The molecule has 1 N–H and O–H groups in total. The van der Waals surface area contributed by atoms with Crippen molar-refractivity contribution in [3.05, 3.63) is 119 Å². The van der Waals surface area contributed by atoms with Gasteiger partial charge in [-0.25, -0.2) is 4.39 Å². The van der Waals surface area contributed by atoms with Crippen LogP contribution in [0, 0.1) is 12.7 Å². The summed E-state index contributed by atoms with van der Waals surface area (Å²) in [6, 6.07) is 27.5. The smallest absolute Gasteiger partial charge is 0.309 e. The first kappa shape index (κ1) is 25.9. The number of hydrogen-bond donors (Lipinski definition) is 1. The Labute approximate surface area is 229 Å². The first-order chi connectivity index (χ1) is 18.8. The van der Waals surface area contributed by atoms with Crippen molar-refractivity contribution < 1.29 is 18.7 Å². The van der Waals surface area contributed by atoms with E-state index in [-0.39, 0.29) is 11.8 Å². The summed E-state index contributed by atoms with van der Waals surface area (Å²) in [6.07, 6.45) is 0. The highest BCUT2D eigenvalue weighted by atomic mass is 35.5. The molecule has 0 spiro atoms. The minimum absolute atomic E-state index is 0.150. The van der Waals surface area contributed by atoms with Gasteiger partial charge in [-0.15, -0.1) is 0 Å². The van der Waals surface area contributed by atoms with Gasteiger partial charge in [0.2, 0.25) is 5.88 Å². The van der Waals surface area contributed by atoms with Crippen LogP contribution in [0.15, 0.2) is 97.1 Å². The Morgan fingerprint density at radius 2 is 1.59 bits per heavy atom. The molecule has 8 heteroatoms. The van der Waals surface area contributed by atoms with Gasteiger partial charge in [-0.2, -0.15) is 9.78 Å². The van der Waals surface area contributed by atoms with E-state index in [1.807, 2.05) is 31.2 Å². The molecule has 0 saturated heterocycles. The molecule has 0 unspecified atom stereocenters. The highest BCUT2D eigenvalue weighted by Crippen LogP contribution is 2.41. The van der Waals surface area contributed by atoms with Crippen molar-refractivity contribution in [3.63, 3.8) is 0 Å². The molecule has 0 aliphatic heterocycles. The highest BCUT2D eigenvalue weighted by Gasteiger charge is 2.25. The molecule has 1 aromatic heterocycles. The van der Waals surface area contributed by atoms with Gasteiger partial charge in [0, 0.05) is 18.2 Å². The molecule has 0 bridgehead atoms. The largest absolute Gasteiger partial charge is 0.407 e. The van der Waals surface area contributed by atoms with Crippen molar-refractivity contribution in [2.45, 2.75) is 13.8 Å². The molecular formula is C31H23ClFN3O3. The topological polar surface area (TPSA) is 73.2 Å². The zero-order valence-corrected chi connectivity index (χ0v) is 21.9. The minimum Gasteiger partial charge on any atom is -0.407 e. The number of aromatic nitrogens is 2. The maximum atomic E-state index is 14.1. The van der Waals surface area contributed by atoms with E-state index in [1.54, 1.807) is 60.7 Å². The van der Waals surface area contributed by atoms with Crippen LogP contribution >= 0.6 is 11.6 Å². The van der Waals surface area contributed by atoms with Crippen LogP contribution in [0.2, 0.25) is 5.02 Å². The molecule has 1 amide bonds. The molecular weight excluding hydrogens is 517 g/mol. The number of nitrogens with one attached hydrogen (secondary N) is 1. The first-order valence-corrected chi connectivity index (χ1v) is 12.5. The third-order valence-electron chi connectivity index (χ3n) is 6.01. The third kappa shape index (κ3) is 5.58. The molecule has 5 rings (SSSR count). The van der Waals surface area contributed by atoms with E-state index in [1.165, 1.54) is 23.7 Å². The van der Waals surface area contributed by atoms with E-state index >= 15 is 0 Å². The van der Waals surface area contributed by atoms with E-state index in [2.05, 4.69) is 5.32 Å². The number of aryl methyl sites for hydroxylation is 1. The number of nitrogens with zero attached hydrogens (tertiary/aromatic N) is 2. The lowest BCUT2D eigenvalue weighted by Crippen LogP contribution is -2.12. The van der Waals surface area contributed by atoms with E-state index in [4.69, 9.17) is 21.4 Å². The summed E-state index contributed by atoms with van der Waals surface area (Å²) in [5, 5.41) is 7.95. The second-order valence-corrected chi connectivity index (χ2v) is 9.30. The lowest BCUT2D eigenvalue weighted by molar-refractivity contribution is -0.132. The molecule has 0 aliphatic rings. The SMILES string of the molecule is CC(=O)Oc1c(-c2ccc(NC(=O)c3ccccc3Cl)cc2)c(-c2ccc(C)cc2)nn1-c1cccc(F)c1. The van der Waals surface area contributed by atoms with Gasteiger partial charge in [0.1, 0.15) is 11.5 Å². The molecule has 6 nitrogen and oxygen atoms in total. The molecule has 0 atom stereocenters. The Balaban J connectivity index is 1.62. The Bertz CT molecular complexity index is 1680. The lowest BCUT2D eigenvalue weighted by atomic mass is 10.00. The first-order valence-electron chi connectivity index (χ1n) is 12.1. The fraction of sp³-hybridized carbons (Fsp3) is 0.0645. The van der Waals surface area contributed by atoms with Crippen LogP contribution in [0.4, 0.5) is 10.1 Å². The summed E-state index contributed by atoms with van der Waals surface area (Å²) in [6.45, 7) is 3.28. The molecule has 39 heavy (non-hydrogen) atoms. The molecule has 0 fully saturated rings. The van der Waals surface area contributed by atoms with Crippen LogP contribution in [-0.2, 0) is 4.79 Å². The molecule has 1 heterocycles. The average Bonchev–Trinajstić information content (AvgIpc) is 3.28. The summed E-state index contributed by atoms with van der Waals surface area (Å²) >= 11 is 6.16. The van der Waals surface area contributed by atoms with Gasteiger partial charge in [0.25, 0.3) is 5.91 Å². The average molecular weight is 540 g/mol. The number of ether oxygens (including phenoxy) is 1. The predicted octanol–water partition coefficient (Wildman–Crippen LogP) is 7.48. The number of hydrogen-bond acceptors (Lipinski definition) is 4. The summed E-state index contributed by atoms with van der Waals surface area (Å²) in [5.41, 5.74) is 4.94. The monoisotopic (exact) mass is 539 g/mol.